The van der Waals surface area contributed by atoms with Crippen LogP contribution in [0, 0.1) is 0 Å². The molecule has 0 spiro atoms. The lowest BCUT2D eigenvalue weighted by Gasteiger charge is -2.35. The molecule has 4 nitrogen and oxygen atoms in total. The second-order valence-corrected chi connectivity index (χ2v) is 8.08. The van der Waals surface area contributed by atoms with E-state index in [2.05, 4.69) is 0 Å². The van der Waals surface area contributed by atoms with Gasteiger partial charge in [0, 0.05) is 33.4 Å². The van der Waals surface area contributed by atoms with Gasteiger partial charge in [-0.15, -0.1) is 0 Å². The van der Waals surface area contributed by atoms with Crippen LogP contribution in [0.3, 0.4) is 0 Å². The number of carbonyl (C=O) groups excluding carboxylic acids is 1. The van der Waals surface area contributed by atoms with E-state index >= 15 is 0 Å². The van der Waals surface area contributed by atoms with E-state index < -0.39 is 0 Å². The first-order chi connectivity index (χ1) is 13.8. The molecule has 1 aliphatic rings. The van der Waals surface area contributed by atoms with Crippen LogP contribution >= 0.6 is 23.2 Å². The first-order valence-electron chi connectivity index (χ1n) is 9.29. The molecule has 148 valence electrons. The molecule has 1 atom stereocenters. The molecule has 1 amide bonds. The largest absolute Gasteiger partial charge is 0.508 e. The fourth-order valence-electron chi connectivity index (χ4n) is 3.78. The van der Waals surface area contributed by atoms with Crippen molar-refractivity contribution in [3.8, 4) is 22.6 Å². The maximum Gasteiger partial charge on any atom is 0.262 e. The van der Waals surface area contributed by atoms with Crippen LogP contribution in [0.15, 0.2) is 54.6 Å². The second kappa shape index (κ2) is 7.62. The molecule has 0 aromatic heterocycles. The highest BCUT2D eigenvalue weighted by Crippen LogP contribution is 2.38. The normalized spacial score (nSPS) is 15.8. The average molecular weight is 428 g/mol. The topological polar surface area (TPSA) is 60.8 Å². The minimum absolute atomic E-state index is 0.0202. The van der Waals surface area contributed by atoms with Gasteiger partial charge in [-0.3, -0.25) is 4.79 Å². The third-order valence-electron chi connectivity index (χ3n) is 5.28. The number of halogens is 2. The standard InChI is InChI=1S/C23H19Cl2NO3/c1-13-2-3-15-10-14(18-7-5-16(24)11-20(18)25)4-9-21(15)26(13)23(29)19-8-6-17(27)12-22(19)28/h4-13,27-28H,2-3H2,1H3/t13-/m0/s1. The van der Waals surface area contributed by atoms with Gasteiger partial charge in [-0.2, -0.15) is 0 Å². The predicted molar refractivity (Wildman–Crippen MR) is 116 cm³/mol. The fourth-order valence-corrected chi connectivity index (χ4v) is 4.30. The summed E-state index contributed by atoms with van der Waals surface area (Å²) in [6.07, 6.45) is 1.64. The van der Waals surface area contributed by atoms with Crippen LogP contribution in [0.1, 0.15) is 29.3 Å². The third kappa shape index (κ3) is 3.66. The highest BCUT2D eigenvalue weighted by atomic mass is 35.5. The lowest BCUT2D eigenvalue weighted by molar-refractivity contribution is 0.0972. The van der Waals surface area contributed by atoms with E-state index in [0.29, 0.717) is 10.0 Å². The Bertz CT molecular complexity index is 1110. The predicted octanol–water partition coefficient (Wildman–Crippen LogP) is 6.05. The number of hydrogen-bond acceptors (Lipinski definition) is 3. The molecule has 2 N–H and O–H groups in total. The number of phenols is 2. The Morgan fingerprint density at radius 1 is 1.03 bits per heavy atom. The Balaban J connectivity index is 1.75. The van der Waals surface area contributed by atoms with Crippen molar-refractivity contribution in [2.75, 3.05) is 4.90 Å². The van der Waals surface area contributed by atoms with E-state index in [1.165, 1.54) is 18.2 Å². The maximum absolute atomic E-state index is 13.2. The number of benzene rings is 3. The first kappa shape index (κ1) is 19.6. The number of anilines is 1. The quantitative estimate of drug-likeness (QED) is 0.522. The molecule has 3 aromatic carbocycles. The van der Waals surface area contributed by atoms with Gasteiger partial charge in [0.1, 0.15) is 11.5 Å². The molecule has 29 heavy (non-hydrogen) atoms. The van der Waals surface area contributed by atoms with E-state index in [9.17, 15) is 15.0 Å². The number of aromatic hydroxyl groups is 2. The molecule has 6 heteroatoms. The number of carbonyl (C=O) groups is 1. The van der Waals surface area contributed by atoms with Gasteiger partial charge >= 0.3 is 0 Å². The highest BCUT2D eigenvalue weighted by molar-refractivity contribution is 6.36. The smallest absolute Gasteiger partial charge is 0.262 e. The highest BCUT2D eigenvalue weighted by Gasteiger charge is 2.30. The zero-order chi connectivity index (χ0) is 20.7. The summed E-state index contributed by atoms with van der Waals surface area (Å²) in [6, 6.07) is 15.3. The molecule has 0 bridgehead atoms. The number of phenolic OH excluding ortho intramolecular Hbond substituents is 2. The minimum Gasteiger partial charge on any atom is -0.508 e. The molecular formula is C23H19Cl2NO3. The molecule has 0 radical (unpaired) electrons. The van der Waals surface area contributed by atoms with Crippen LogP contribution in [0.4, 0.5) is 5.69 Å². The van der Waals surface area contributed by atoms with Crippen molar-refractivity contribution >= 4 is 34.8 Å². The molecule has 0 fully saturated rings. The summed E-state index contributed by atoms with van der Waals surface area (Å²) in [4.78, 5) is 14.9. The third-order valence-corrected chi connectivity index (χ3v) is 5.83. The van der Waals surface area contributed by atoms with Gasteiger partial charge in [-0.25, -0.2) is 0 Å². The summed E-state index contributed by atoms with van der Waals surface area (Å²) < 4.78 is 0. The lowest BCUT2D eigenvalue weighted by atomic mass is 9.92. The SMILES string of the molecule is C[C@H]1CCc2cc(-c3ccc(Cl)cc3Cl)ccc2N1C(=O)c1ccc(O)cc1O. The zero-order valence-corrected chi connectivity index (χ0v) is 17.2. The number of fused-ring (bicyclic) bond motifs is 1. The number of rotatable bonds is 2. The van der Waals surface area contributed by atoms with Gasteiger partial charge in [0.2, 0.25) is 0 Å². The Kier molecular flexibility index (Phi) is 5.15. The Morgan fingerprint density at radius 2 is 1.83 bits per heavy atom. The van der Waals surface area contributed by atoms with E-state index in [-0.39, 0.29) is 29.0 Å². The molecule has 0 unspecified atom stereocenters. The summed E-state index contributed by atoms with van der Waals surface area (Å²) >= 11 is 12.4. The van der Waals surface area contributed by atoms with Crippen molar-refractivity contribution in [2.45, 2.75) is 25.8 Å². The van der Waals surface area contributed by atoms with Crippen molar-refractivity contribution in [2.24, 2.45) is 0 Å². The minimum atomic E-state index is -0.298. The molecular weight excluding hydrogens is 409 g/mol. The molecule has 0 saturated carbocycles. The number of hydrogen-bond donors (Lipinski definition) is 2. The van der Waals surface area contributed by atoms with Crippen LogP contribution in [-0.4, -0.2) is 22.2 Å². The monoisotopic (exact) mass is 427 g/mol. The Morgan fingerprint density at radius 3 is 2.55 bits per heavy atom. The number of amides is 1. The Labute approximate surface area is 178 Å². The van der Waals surface area contributed by atoms with Crippen molar-refractivity contribution in [1.29, 1.82) is 0 Å². The zero-order valence-electron chi connectivity index (χ0n) is 15.7. The summed E-state index contributed by atoms with van der Waals surface area (Å²) in [6.45, 7) is 1.99. The van der Waals surface area contributed by atoms with Crippen LogP contribution in [0.2, 0.25) is 10.0 Å². The Hall–Kier alpha value is -2.69. The summed E-state index contributed by atoms with van der Waals surface area (Å²) in [5, 5.41) is 20.8. The fraction of sp³-hybridized carbons (Fsp3) is 0.174. The number of nitrogens with zero attached hydrogens (tertiary/aromatic N) is 1. The van der Waals surface area contributed by atoms with E-state index in [0.717, 1.165) is 35.2 Å². The van der Waals surface area contributed by atoms with Crippen molar-refractivity contribution in [1.82, 2.24) is 0 Å². The summed E-state index contributed by atoms with van der Waals surface area (Å²) in [7, 11) is 0. The van der Waals surface area contributed by atoms with Crippen molar-refractivity contribution in [3.63, 3.8) is 0 Å². The first-order valence-corrected chi connectivity index (χ1v) is 10.0. The van der Waals surface area contributed by atoms with Crippen molar-refractivity contribution in [3.05, 3.63) is 75.8 Å². The molecule has 0 saturated heterocycles. The molecule has 1 aliphatic heterocycles. The van der Waals surface area contributed by atoms with E-state index in [4.69, 9.17) is 23.2 Å². The second-order valence-electron chi connectivity index (χ2n) is 7.23. The molecule has 0 aliphatic carbocycles. The van der Waals surface area contributed by atoms with Crippen LogP contribution < -0.4 is 4.90 Å². The van der Waals surface area contributed by atoms with Gasteiger partial charge in [0.25, 0.3) is 5.91 Å². The summed E-state index contributed by atoms with van der Waals surface area (Å²) in [5.41, 5.74) is 3.85. The van der Waals surface area contributed by atoms with Crippen LogP contribution in [0.5, 0.6) is 11.5 Å². The van der Waals surface area contributed by atoms with Gasteiger partial charge < -0.3 is 15.1 Å². The van der Waals surface area contributed by atoms with Gasteiger partial charge in [-0.05, 0) is 67.3 Å². The van der Waals surface area contributed by atoms with Crippen LogP contribution in [0.25, 0.3) is 11.1 Å². The maximum atomic E-state index is 13.2. The number of aryl methyl sites for hydroxylation is 1. The summed E-state index contributed by atoms with van der Waals surface area (Å²) in [5.74, 6) is -0.622. The molecule has 4 rings (SSSR count). The lowest BCUT2D eigenvalue weighted by Crippen LogP contribution is -2.42. The molecule has 1 heterocycles. The van der Waals surface area contributed by atoms with Gasteiger partial charge in [-0.1, -0.05) is 35.3 Å². The molecule has 3 aromatic rings. The average Bonchev–Trinajstić information content (AvgIpc) is 2.67. The van der Waals surface area contributed by atoms with Crippen LogP contribution in [-0.2, 0) is 6.42 Å². The van der Waals surface area contributed by atoms with Gasteiger partial charge in [0.15, 0.2) is 0 Å². The van der Waals surface area contributed by atoms with E-state index in [1.807, 2.05) is 31.2 Å². The van der Waals surface area contributed by atoms with E-state index in [1.54, 1.807) is 17.0 Å². The van der Waals surface area contributed by atoms with Gasteiger partial charge in [0.05, 0.1) is 5.56 Å². The van der Waals surface area contributed by atoms with Crippen molar-refractivity contribution < 1.29 is 15.0 Å².